The SMILES string of the molecule is Clc1cnc2oc(C3CCC3)nc2c1. The molecular formula is C10H9ClN2O. The second-order valence-electron chi connectivity index (χ2n) is 3.66. The molecule has 0 atom stereocenters. The van der Waals surface area contributed by atoms with E-state index in [1.54, 1.807) is 12.3 Å². The molecule has 72 valence electrons. The lowest BCUT2D eigenvalue weighted by Crippen LogP contribution is -2.08. The Hall–Kier alpha value is -1.09. The van der Waals surface area contributed by atoms with Crippen LogP contribution in [0.3, 0.4) is 0 Å². The standard InChI is InChI=1S/C10H9ClN2O/c11-7-4-8-10(12-5-7)14-9(13-8)6-2-1-3-6/h4-6H,1-3H2. The third-order valence-electron chi connectivity index (χ3n) is 2.69. The number of halogens is 1. The molecule has 1 aliphatic carbocycles. The maximum atomic E-state index is 5.81. The zero-order chi connectivity index (χ0) is 9.54. The van der Waals surface area contributed by atoms with Gasteiger partial charge in [0.2, 0.25) is 11.6 Å². The Bertz CT molecular complexity index is 476. The van der Waals surface area contributed by atoms with E-state index < -0.39 is 0 Å². The molecule has 2 aromatic rings. The lowest BCUT2D eigenvalue weighted by atomic mass is 9.85. The molecule has 0 N–H and O–H groups in total. The first-order valence-corrected chi connectivity index (χ1v) is 5.13. The predicted molar refractivity (Wildman–Crippen MR) is 53.4 cm³/mol. The summed E-state index contributed by atoms with van der Waals surface area (Å²) in [5.74, 6) is 1.32. The summed E-state index contributed by atoms with van der Waals surface area (Å²) in [6.45, 7) is 0. The second kappa shape index (κ2) is 2.95. The zero-order valence-electron chi connectivity index (χ0n) is 7.53. The fourth-order valence-corrected chi connectivity index (χ4v) is 1.80. The van der Waals surface area contributed by atoms with Gasteiger partial charge in [0.05, 0.1) is 5.02 Å². The molecule has 1 fully saturated rings. The summed E-state index contributed by atoms with van der Waals surface area (Å²) in [5, 5.41) is 0.603. The number of fused-ring (bicyclic) bond motifs is 1. The molecule has 0 aliphatic heterocycles. The van der Waals surface area contributed by atoms with Crippen LogP contribution >= 0.6 is 11.6 Å². The lowest BCUT2D eigenvalue weighted by Gasteiger charge is -2.21. The average Bonchev–Trinajstić information content (AvgIpc) is 2.43. The van der Waals surface area contributed by atoms with Gasteiger partial charge in [-0.2, -0.15) is 0 Å². The molecule has 2 aromatic heterocycles. The summed E-state index contributed by atoms with van der Waals surface area (Å²) in [6.07, 6.45) is 5.22. The molecule has 14 heavy (non-hydrogen) atoms. The number of pyridine rings is 1. The van der Waals surface area contributed by atoms with Crippen LogP contribution in [0.25, 0.3) is 11.2 Å². The van der Waals surface area contributed by atoms with E-state index in [2.05, 4.69) is 9.97 Å². The van der Waals surface area contributed by atoms with Crippen molar-refractivity contribution in [2.45, 2.75) is 25.2 Å². The Morgan fingerprint density at radius 2 is 2.29 bits per heavy atom. The van der Waals surface area contributed by atoms with Gasteiger partial charge in [-0.05, 0) is 18.9 Å². The molecule has 0 amide bonds. The molecule has 3 rings (SSSR count). The summed E-state index contributed by atoms with van der Waals surface area (Å²) in [7, 11) is 0. The number of hydrogen-bond donors (Lipinski definition) is 0. The van der Waals surface area contributed by atoms with Gasteiger partial charge < -0.3 is 4.42 Å². The number of rotatable bonds is 1. The summed E-state index contributed by atoms with van der Waals surface area (Å²) in [6, 6.07) is 1.79. The van der Waals surface area contributed by atoms with Crippen LogP contribution in [0.15, 0.2) is 16.7 Å². The van der Waals surface area contributed by atoms with Crippen molar-refractivity contribution < 1.29 is 4.42 Å². The summed E-state index contributed by atoms with van der Waals surface area (Å²) < 4.78 is 5.55. The molecule has 0 radical (unpaired) electrons. The Balaban J connectivity index is 2.10. The number of hydrogen-bond acceptors (Lipinski definition) is 3. The third-order valence-corrected chi connectivity index (χ3v) is 2.89. The highest BCUT2D eigenvalue weighted by Crippen LogP contribution is 2.36. The third kappa shape index (κ3) is 1.20. The first-order chi connectivity index (χ1) is 6.83. The van der Waals surface area contributed by atoms with E-state index in [-0.39, 0.29) is 0 Å². The summed E-state index contributed by atoms with van der Waals surface area (Å²) >= 11 is 5.81. The average molecular weight is 209 g/mol. The van der Waals surface area contributed by atoms with E-state index in [9.17, 15) is 0 Å². The van der Waals surface area contributed by atoms with Crippen LogP contribution in [0.4, 0.5) is 0 Å². The van der Waals surface area contributed by atoms with Crippen LogP contribution in [-0.2, 0) is 0 Å². The van der Waals surface area contributed by atoms with Gasteiger partial charge in [-0.1, -0.05) is 18.0 Å². The maximum absolute atomic E-state index is 5.81. The van der Waals surface area contributed by atoms with Gasteiger partial charge in [0.25, 0.3) is 0 Å². The van der Waals surface area contributed by atoms with Crippen LogP contribution < -0.4 is 0 Å². The lowest BCUT2D eigenvalue weighted by molar-refractivity contribution is 0.342. The minimum Gasteiger partial charge on any atom is -0.422 e. The van der Waals surface area contributed by atoms with Crippen molar-refractivity contribution >= 4 is 22.8 Å². The minimum absolute atomic E-state index is 0.503. The minimum atomic E-state index is 0.503. The van der Waals surface area contributed by atoms with Crippen molar-refractivity contribution in [2.75, 3.05) is 0 Å². The largest absolute Gasteiger partial charge is 0.422 e. The van der Waals surface area contributed by atoms with Gasteiger partial charge in [-0.15, -0.1) is 0 Å². The van der Waals surface area contributed by atoms with Gasteiger partial charge in [0.15, 0.2) is 0 Å². The first kappa shape index (κ1) is 8.24. The molecule has 2 heterocycles. The second-order valence-corrected chi connectivity index (χ2v) is 4.09. The predicted octanol–water partition coefficient (Wildman–Crippen LogP) is 3.14. The summed E-state index contributed by atoms with van der Waals surface area (Å²) in [5.41, 5.74) is 1.36. The highest BCUT2D eigenvalue weighted by atomic mass is 35.5. The zero-order valence-corrected chi connectivity index (χ0v) is 8.29. The quantitative estimate of drug-likeness (QED) is 0.723. The maximum Gasteiger partial charge on any atom is 0.247 e. The van der Waals surface area contributed by atoms with Crippen molar-refractivity contribution in [3.05, 3.63) is 23.2 Å². The van der Waals surface area contributed by atoms with Crippen molar-refractivity contribution in [1.29, 1.82) is 0 Å². The molecule has 0 bridgehead atoms. The van der Waals surface area contributed by atoms with E-state index in [0.29, 0.717) is 16.7 Å². The van der Waals surface area contributed by atoms with Crippen molar-refractivity contribution in [2.24, 2.45) is 0 Å². The molecular weight excluding hydrogens is 200 g/mol. The normalized spacial score (nSPS) is 17.2. The van der Waals surface area contributed by atoms with E-state index in [1.165, 1.54) is 19.3 Å². The first-order valence-electron chi connectivity index (χ1n) is 4.75. The van der Waals surface area contributed by atoms with Crippen LogP contribution in [0.2, 0.25) is 5.02 Å². The van der Waals surface area contributed by atoms with Gasteiger partial charge in [-0.3, -0.25) is 0 Å². The number of oxazole rings is 1. The van der Waals surface area contributed by atoms with Crippen molar-refractivity contribution in [1.82, 2.24) is 9.97 Å². The topological polar surface area (TPSA) is 38.9 Å². The monoisotopic (exact) mass is 208 g/mol. The van der Waals surface area contributed by atoms with E-state index in [4.69, 9.17) is 16.0 Å². The van der Waals surface area contributed by atoms with Gasteiger partial charge >= 0.3 is 0 Å². The Morgan fingerprint density at radius 1 is 1.43 bits per heavy atom. The molecule has 0 spiro atoms. The van der Waals surface area contributed by atoms with Crippen molar-refractivity contribution in [3.8, 4) is 0 Å². The highest BCUT2D eigenvalue weighted by molar-refractivity contribution is 6.30. The molecule has 4 heteroatoms. The highest BCUT2D eigenvalue weighted by Gasteiger charge is 2.24. The van der Waals surface area contributed by atoms with Crippen LogP contribution in [0.1, 0.15) is 31.1 Å². The fraction of sp³-hybridized carbons (Fsp3) is 0.400. The molecule has 3 nitrogen and oxygen atoms in total. The number of nitrogens with zero attached hydrogens (tertiary/aromatic N) is 2. The molecule has 0 aromatic carbocycles. The number of aromatic nitrogens is 2. The Labute approximate surface area is 86.1 Å². The van der Waals surface area contributed by atoms with Gasteiger partial charge in [0, 0.05) is 12.1 Å². The fourth-order valence-electron chi connectivity index (χ4n) is 1.65. The Morgan fingerprint density at radius 3 is 3.00 bits per heavy atom. The molecule has 1 aliphatic rings. The smallest absolute Gasteiger partial charge is 0.247 e. The van der Waals surface area contributed by atoms with Crippen LogP contribution in [0, 0.1) is 0 Å². The van der Waals surface area contributed by atoms with E-state index in [1.807, 2.05) is 0 Å². The molecule has 0 saturated heterocycles. The Kier molecular flexibility index (Phi) is 1.74. The van der Waals surface area contributed by atoms with Gasteiger partial charge in [0.1, 0.15) is 5.52 Å². The molecule has 0 unspecified atom stereocenters. The molecule has 1 saturated carbocycles. The summed E-state index contributed by atoms with van der Waals surface area (Å²) in [4.78, 5) is 8.46. The van der Waals surface area contributed by atoms with E-state index >= 15 is 0 Å². The van der Waals surface area contributed by atoms with Crippen molar-refractivity contribution in [3.63, 3.8) is 0 Å². The van der Waals surface area contributed by atoms with Crippen LogP contribution in [-0.4, -0.2) is 9.97 Å². The van der Waals surface area contributed by atoms with Crippen LogP contribution in [0.5, 0.6) is 0 Å². The van der Waals surface area contributed by atoms with E-state index in [0.717, 1.165) is 11.4 Å². The van der Waals surface area contributed by atoms with Gasteiger partial charge in [-0.25, -0.2) is 9.97 Å².